The van der Waals surface area contributed by atoms with Crippen molar-refractivity contribution in [3.05, 3.63) is 72.2 Å². The molecular weight excluding hydrogens is 282 g/mol. The first-order chi connectivity index (χ1) is 10.7. The molecule has 0 unspecified atom stereocenters. The minimum atomic E-state index is -1.02. The molecule has 3 aromatic rings. The molecule has 0 saturated carbocycles. The van der Waals surface area contributed by atoms with Gasteiger partial charge in [0.25, 0.3) is 0 Å². The minimum Gasteiger partial charge on any atom is -0.489 e. The zero-order chi connectivity index (χ0) is 15.4. The van der Waals surface area contributed by atoms with Gasteiger partial charge in [0, 0.05) is 18.0 Å². The van der Waals surface area contributed by atoms with E-state index in [1.54, 1.807) is 12.3 Å². The molecular formula is C16H13N3O3. The smallest absolute Gasteiger partial charge is 0.338 e. The van der Waals surface area contributed by atoms with Crippen molar-refractivity contribution in [1.29, 1.82) is 0 Å². The lowest BCUT2D eigenvalue weighted by Crippen LogP contribution is -2.06. The SMILES string of the molecule is O=C(O)c1cnn(-c2ncccc2COc2ccccc2)c1. The summed E-state index contributed by atoms with van der Waals surface area (Å²) in [5, 5.41) is 13.0. The second-order valence-electron chi connectivity index (χ2n) is 4.57. The highest BCUT2D eigenvalue weighted by Gasteiger charge is 2.11. The molecule has 22 heavy (non-hydrogen) atoms. The summed E-state index contributed by atoms with van der Waals surface area (Å²) in [7, 11) is 0. The number of ether oxygens (including phenoxy) is 1. The van der Waals surface area contributed by atoms with Gasteiger partial charge in [-0.2, -0.15) is 5.10 Å². The van der Waals surface area contributed by atoms with Crippen molar-refractivity contribution in [1.82, 2.24) is 14.8 Å². The van der Waals surface area contributed by atoms with E-state index in [2.05, 4.69) is 10.1 Å². The first-order valence-electron chi connectivity index (χ1n) is 6.64. The van der Waals surface area contributed by atoms with Gasteiger partial charge >= 0.3 is 5.97 Å². The van der Waals surface area contributed by atoms with E-state index >= 15 is 0 Å². The van der Waals surface area contributed by atoms with Crippen LogP contribution in [0, 0.1) is 0 Å². The van der Waals surface area contributed by atoms with Gasteiger partial charge in [-0.1, -0.05) is 24.3 Å². The van der Waals surface area contributed by atoms with Gasteiger partial charge in [0.05, 0.1) is 11.8 Å². The van der Waals surface area contributed by atoms with Gasteiger partial charge in [0.1, 0.15) is 12.4 Å². The average molecular weight is 295 g/mol. The number of carboxylic acids is 1. The Labute approximate surface area is 126 Å². The number of carbonyl (C=O) groups is 1. The molecule has 0 aliphatic rings. The highest BCUT2D eigenvalue weighted by atomic mass is 16.5. The summed E-state index contributed by atoms with van der Waals surface area (Å²) in [4.78, 5) is 15.2. The van der Waals surface area contributed by atoms with Gasteiger partial charge in [-0.05, 0) is 18.2 Å². The molecule has 0 aliphatic heterocycles. The second-order valence-corrected chi connectivity index (χ2v) is 4.57. The molecule has 2 heterocycles. The van der Waals surface area contributed by atoms with Gasteiger partial charge in [-0.25, -0.2) is 14.5 Å². The van der Waals surface area contributed by atoms with E-state index in [1.807, 2.05) is 36.4 Å². The van der Waals surface area contributed by atoms with Crippen LogP contribution in [0.25, 0.3) is 5.82 Å². The molecule has 2 aromatic heterocycles. The molecule has 110 valence electrons. The fourth-order valence-electron chi connectivity index (χ4n) is 1.98. The first kappa shape index (κ1) is 13.8. The Kier molecular flexibility index (Phi) is 3.82. The van der Waals surface area contributed by atoms with Crippen LogP contribution >= 0.6 is 0 Å². The molecule has 0 amide bonds. The Morgan fingerprint density at radius 1 is 1.18 bits per heavy atom. The van der Waals surface area contributed by atoms with Crippen LogP contribution in [-0.4, -0.2) is 25.8 Å². The number of carboxylic acid groups (broad SMARTS) is 1. The second kappa shape index (κ2) is 6.09. The highest BCUT2D eigenvalue weighted by Crippen LogP contribution is 2.16. The van der Waals surface area contributed by atoms with Crippen LogP contribution in [0.5, 0.6) is 5.75 Å². The predicted molar refractivity (Wildman–Crippen MR) is 79.1 cm³/mol. The van der Waals surface area contributed by atoms with Gasteiger partial charge in [0.15, 0.2) is 5.82 Å². The third-order valence-electron chi connectivity index (χ3n) is 3.05. The molecule has 0 spiro atoms. The minimum absolute atomic E-state index is 0.112. The summed E-state index contributed by atoms with van der Waals surface area (Å²) >= 11 is 0. The predicted octanol–water partition coefficient (Wildman–Crippen LogP) is 2.54. The van der Waals surface area contributed by atoms with Crippen LogP contribution < -0.4 is 4.74 Å². The fourth-order valence-corrected chi connectivity index (χ4v) is 1.98. The number of para-hydroxylation sites is 1. The lowest BCUT2D eigenvalue weighted by Gasteiger charge is -2.10. The van der Waals surface area contributed by atoms with Crippen LogP contribution in [-0.2, 0) is 6.61 Å². The number of aromatic carboxylic acids is 1. The third-order valence-corrected chi connectivity index (χ3v) is 3.05. The van der Waals surface area contributed by atoms with Crippen LogP contribution in [0.15, 0.2) is 61.1 Å². The van der Waals surface area contributed by atoms with Crippen molar-refractivity contribution >= 4 is 5.97 Å². The zero-order valence-electron chi connectivity index (χ0n) is 11.6. The fraction of sp³-hybridized carbons (Fsp3) is 0.0625. The Bertz CT molecular complexity index is 784. The molecule has 0 aliphatic carbocycles. The maximum absolute atomic E-state index is 10.9. The molecule has 0 saturated heterocycles. The normalized spacial score (nSPS) is 10.4. The number of benzene rings is 1. The Balaban J connectivity index is 1.84. The van der Waals surface area contributed by atoms with Crippen molar-refractivity contribution in [2.45, 2.75) is 6.61 Å². The van der Waals surface area contributed by atoms with Crippen molar-refractivity contribution < 1.29 is 14.6 Å². The lowest BCUT2D eigenvalue weighted by molar-refractivity contribution is 0.0697. The largest absolute Gasteiger partial charge is 0.489 e. The number of hydrogen-bond donors (Lipinski definition) is 1. The molecule has 6 nitrogen and oxygen atoms in total. The molecule has 1 aromatic carbocycles. The van der Waals surface area contributed by atoms with Crippen molar-refractivity contribution in [2.24, 2.45) is 0 Å². The van der Waals surface area contributed by atoms with E-state index in [4.69, 9.17) is 9.84 Å². The summed E-state index contributed by atoms with van der Waals surface area (Å²) < 4.78 is 7.15. The number of aromatic nitrogens is 3. The number of hydrogen-bond acceptors (Lipinski definition) is 4. The van der Waals surface area contributed by atoms with Crippen LogP contribution in [0.4, 0.5) is 0 Å². The van der Waals surface area contributed by atoms with Gasteiger partial charge in [0.2, 0.25) is 0 Å². The summed E-state index contributed by atoms with van der Waals surface area (Å²) in [6.45, 7) is 0.315. The van der Waals surface area contributed by atoms with Gasteiger partial charge in [-0.15, -0.1) is 0 Å². The zero-order valence-corrected chi connectivity index (χ0v) is 11.6. The first-order valence-corrected chi connectivity index (χ1v) is 6.64. The molecule has 0 bridgehead atoms. The molecule has 6 heteroatoms. The molecule has 1 N–H and O–H groups in total. The standard InChI is InChI=1S/C16H13N3O3/c20-16(21)13-9-18-19(10-13)15-12(5-4-8-17-15)11-22-14-6-2-1-3-7-14/h1-10H,11H2,(H,20,21). The average Bonchev–Trinajstić information content (AvgIpc) is 3.04. The number of rotatable bonds is 5. The Morgan fingerprint density at radius 3 is 2.73 bits per heavy atom. The van der Waals surface area contributed by atoms with E-state index in [0.717, 1.165) is 11.3 Å². The van der Waals surface area contributed by atoms with E-state index in [-0.39, 0.29) is 5.56 Å². The maximum atomic E-state index is 10.9. The summed E-state index contributed by atoms with van der Waals surface area (Å²) in [6.07, 6.45) is 4.35. The summed E-state index contributed by atoms with van der Waals surface area (Å²) in [6, 6.07) is 13.1. The van der Waals surface area contributed by atoms with E-state index in [1.165, 1.54) is 17.1 Å². The number of pyridine rings is 1. The monoisotopic (exact) mass is 295 g/mol. The molecule has 0 fully saturated rings. The van der Waals surface area contributed by atoms with Crippen molar-refractivity contribution in [3.63, 3.8) is 0 Å². The van der Waals surface area contributed by atoms with Crippen molar-refractivity contribution in [2.75, 3.05) is 0 Å². The van der Waals surface area contributed by atoms with Crippen LogP contribution in [0.2, 0.25) is 0 Å². The van der Waals surface area contributed by atoms with E-state index in [0.29, 0.717) is 12.4 Å². The molecule has 0 atom stereocenters. The van der Waals surface area contributed by atoms with E-state index in [9.17, 15) is 4.79 Å². The van der Waals surface area contributed by atoms with Crippen molar-refractivity contribution in [3.8, 4) is 11.6 Å². The van der Waals surface area contributed by atoms with Gasteiger partial charge < -0.3 is 9.84 Å². The van der Waals surface area contributed by atoms with Gasteiger partial charge in [-0.3, -0.25) is 0 Å². The van der Waals surface area contributed by atoms with Crippen LogP contribution in [0.3, 0.4) is 0 Å². The summed E-state index contributed by atoms with van der Waals surface area (Å²) in [5.74, 6) is 0.277. The molecule has 0 radical (unpaired) electrons. The third kappa shape index (κ3) is 2.95. The quantitative estimate of drug-likeness (QED) is 0.782. The Hall–Kier alpha value is -3.15. The lowest BCUT2D eigenvalue weighted by atomic mass is 10.2. The van der Waals surface area contributed by atoms with Crippen LogP contribution in [0.1, 0.15) is 15.9 Å². The molecule has 3 rings (SSSR count). The Morgan fingerprint density at radius 2 is 2.00 bits per heavy atom. The highest BCUT2D eigenvalue weighted by molar-refractivity contribution is 5.86. The number of nitrogens with zero attached hydrogens (tertiary/aromatic N) is 3. The maximum Gasteiger partial charge on any atom is 0.338 e. The van der Waals surface area contributed by atoms with E-state index < -0.39 is 5.97 Å². The topological polar surface area (TPSA) is 77.2 Å². The summed E-state index contributed by atoms with van der Waals surface area (Å²) in [5.41, 5.74) is 0.923.